The molecule has 0 saturated heterocycles. The van der Waals surface area contributed by atoms with Gasteiger partial charge in [0.05, 0.1) is 6.61 Å². The number of para-hydroxylation sites is 1. The Balaban J connectivity index is 1.99. The van der Waals surface area contributed by atoms with Crippen LogP contribution in [0.15, 0.2) is 42.5 Å². The SMILES string of the molecule is CCOc1ccc(C(=O)NC(C(=O)OCC(=O)Nc2c(C)cccc2C(C)C)C(C)C)cc1. The van der Waals surface area contributed by atoms with Crippen LogP contribution >= 0.6 is 0 Å². The molecule has 2 aromatic rings. The van der Waals surface area contributed by atoms with E-state index in [9.17, 15) is 14.4 Å². The van der Waals surface area contributed by atoms with Crippen molar-refractivity contribution in [2.45, 2.75) is 53.5 Å². The molecule has 7 heteroatoms. The summed E-state index contributed by atoms with van der Waals surface area (Å²) < 4.78 is 10.6. The van der Waals surface area contributed by atoms with E-state index in [0.29, 0.717) is 17.9 Å². The molecule has 1 unspecified atom stereocenters. The predicted molar refractivity (Wildman–Crippen MR) is 129 cm³/mol. The lowest BCUT2D eigenvalue weighted by molar-refractivity contribution is -0.150. The first-order valence-electron chi connectivity index (χ1n) is 11.2. The zero-order chi connectivity index (χ0) is 24.5. The van der Waals surface area contributed by atoms with Crippen molar-refractivity contribution in [1.29, 1.82) is 0 Å². The van der Waals surface area contributed by atoms with Crippen molar-refractivity contribution in [3.63, 3.8) is 0 Å². The van der Waals surface area contributed by atoms with Gasteiger partial charge >= 0.3 is 5.97 Å². The molecule has 33 heavy (non-hydrogen) atoms. The topological polar surface area (TPSA) is 93.7 Å². The Morgan fingerprint density at radius 1 is 0.970 bits per heavy atom. The van der Waals surface area contributed by atoms with Gasteiger partial charge in [-0.3, -0.25) is 9.59 Å². The van der Waals surface area contributed by atoms with Gasteiger partial charge < -0.3 is 20.1 Å². The molecule has 2 rings (SSSR count). The zero-order valence-electron chi connectivity index (χ0n) is 20.2. The maximum absolute atomic E-state index is 12.7. The van der Waals surface area contributed by atoms with Gasteiger partial charge in [0, 0.05) is 11.3 Å². The minimum atomic E-state index is -0.887. The second kappa shape index (κ2) is 12.0. The molecule has 7 nitrogen and oxygen atoms in total. The Hall–Kier alpha value is -3.35. The van der Waals surface area contributed by atoms with Crippen molar-refractivity contribution in [1.82, 2.24) is 5.32 Å². The number of carbonyl (C=O) groups is 3. The van der Waals surface area contributed by atoms with Crippen molar-refractivity contribution in [3.05, 3.63) is 59.2 Å². The van der Waals surface area contributed by atoms with Crippen LogP contribution in [0.1, 0.15) is 62.0 Å². The lowest BCUT2D eigenvalue weighted by Gasteiger charge is -2.21. The third kappa shape index (κ3) is 7.34. The highest BCUT2D eigenvalue weighted by atomic mass is 16.5. The summed E-state index contributed by atoms with van der Waals surface area (Å²) in [5.41, 5.74) is 3.08. The van der Waals surface area contributed by atoms with E-state index < -0.39 is 30.4 Å². The van der Waals surface area contributed by atoms with Gasteiger partial charge in [-0.2, -0.15) is 0 Å². The van der Waals surface area contributed by atoms with Crippen LogP contribution in [-0.2, 0) is 14.3 Å². The van der Waals surface area contributed by atoms with Gasteiger partial charge in [-0.25, -0.2) is 4.79 Å². The highest BCUT2D eigenvalue weighted by Gasteiger charge is 2.27. The maximum Gasteiger partial charge on any atom is 0.329 e. The fraction of sp³-hybridized carbons (Fsp3) is 0.423. The number of carbonyl (C=O) groups excluding carboxylic acids is 3. The van der Waals surface area contributed by atoms with Crippen LogP contribution in [0.4, 0.5) is 5.69 Å². The number of benzene rings is 2. The lowest BCUT2D eigenvalue weighted by Crippen LogP contribution is -2.45. The molecule has 0 aliphatic heterocycles. The van der Waals surface area contributed by atoms with E-state index in [0.717, 1.165) is 16.8 Å². The molecule has 2 amide bonds. The molecule has 0 radical (unpaired) electrons. The molecule has 0 aliphatic carbocycles. The summed E-state index contributed by atoms with van der Waals surface area (Å²) in [5, 5.41) is 5.56. The first kappa shape index (κ1) is 25.9. The predicted octanol–water partition coefficient (Wildman–Crippen LogP) is 4.45. The molecule has 0 saturated carbocycles. The molecule has 0 spiro atoms. The van der Waals surface area contributed by atoms with E-state index >= 15 is 0 Å². The maximum atomic E-state index is 12.7. The number of anilines is 1. The monoisotopic (exact) mass is 454 g/mol. The van der Waals surface area contributed by atoms with Crippen LogP contribution in [0, 0.1) is 12.8 Å². The summed E-state index contributed by atoms with van der Waals surface area (Å²) in [6.07, 6.45) is 0. The van der Waals surface area contributed by atoms with Gasteiger partial charge in [0.25, 0.3) is 11.8 Å². The summed E-state index contributed by atoms with van der Waals surface area (Å²) in [4.78, 5) is 37.7. The van der Waals surface area contributed by atoms with Crippen LogP contribution < -0.4 is 15.4 Å². The van der Waals surface area contributed by atoms with Gasteiger partial charge in [0.15, 0.2) is 6.61 Å². The second-order valence-corrected chi connectivity index (χ2v) is 8.50. The molecule has 2 aromatic carbocycles. The molecule has 0 fully saturated rings. The number of nitrogens with one attached hydrogen (secondary N) is 2. The van der Waals surface area contributed by atoms with Crippen molar-refractivity contribution in [3.8, 4) is 5.75 Å². The van der Waals surface area contributed by atoms with Crippen molar-refractivity contribution < 1.29 is 23.9 Å². The molecule has 0 aromatic heterocycles. The average molecular weight is 455 g/mol. The fourth-order valence-corrected chi connectivity index (χ4v) is 3.34. The first-order chi connectivity index (χ1) is 15.6. The summed E-state index contributed by atoms with van der Waals surface area (Å²) in [7, 11) is 0. The van der Waals surface area contributed by atoms with Gasteiger partial charge in [-0.1, -0.05) is 45.9 Å². The van der Waals surface area contributed by atoms with E-state index in [1.54, 1.807) is 38.1 Å². The molecule has 0 heterocycles. The zero-order valence-corrected chi connectivity index (χ0v) is 20.2. The van der Waals surface area contributed by atoms with Crippen LogP contribution in [0.25, 0.3) is 0 Å². The summed E-state index contributed by atoms with van der Waals surface area (Å²) in [5.74, 6) is -0.830. The average Bonchev–Trinajstić information content (AvgIpc) is 2.77. The lowest BCUT2D eigenvalue weighted by atomic mass is 9.98. The Kier molecular flexibility index (Phi) is 9.45. The van der Waals surface area contributed by atoms with E-state index in [1.165, 1.54) is 0 Å². The van der Waals surface area contributed by atoms with Crippen molar-refractivity contribution >= 4 is 23.5 Å². The van der Waals surface area contributed by atoms with Crippen molar-refractivity contribution in [2.24, 2.45) is 5.92 Å². The van der Waals surface area contributed by atoms with E-state index in [4.69, 9.17) is 9.47 Å². The number of amides is 2. The number of esters is 1. The van der Waals surface area contributed by atoms with Crippen LogP contribution in [0.3, 0.4) is 0 Å². The van der Waals surface area contributed by atoms with Crippen molar-refractivity contribution in [2.75, 3.05) is 18.5 Å². The van der Waals surface area contributed by atoms with Gasteiger partial charge in [-0.15, -0.1) is 0 Å². The van der Waals surface area contributed by atoms with Gasteiger partial charge in [0.2, 0.25) is 0 Å². The fourth-order valence-electron chi connectivity index (χ4n) is 3.34. The molecule has 2 N–H and O–H groups in total. The van der Waals surface area contributed by atoms with Gasteiger partial charge in [-0.05, 0) is 61.1 Å². The minimum Gasteiger partial charge on any atom is -0.494 e. The molecule has 1 atom stereocenters. The van der Waals surface area contributed by atoms with Crippen LogP contribution in [0.2, 0.25) is 0 Å². The number of rotatable bonds is 10. The van der Waals surface area contributed by atoms with Crippen LogP contribution in [-0.4, -0.2) is 37.0 Å². The highest BCUT2D eigenvalue weighted by molar-refractivity contribution is 5.98. The Bertz CT molecular complexity index is 967. The smallest absolute Gasteiger partial charge is 0.329 e. The van der Waals surface area contributed by atoms with E-state index in [-0.39, 0.29) is 11.8 Å². The Morgan fingerprint density at radius 2 is 1.64 bits per heavy atom. The molecular formula is C26H34N2O5. The van der Waals surface area contributed by atoms with Crippen LogP contribution in [0.5, 0.6) is 5.75 Å². The number of aryl methyl sites for hydroxylation is 1. The number of hydrogen-bond acceptors (Lipinski definition) is 5. The quantitative estimate of drug-likeness (QED) is 0.517. The Labute approximate surface area is 195 Å². The number of hydrogen-bond donors (Lipinski definition) is 2. The molecule has 0 bridgehead atoms. The third-order valence-electron chi connectivity index (χ3n) is 5.17. The molecule has 178 valence electrons. The summed E-state index contributed by atoms with van der Waals surface area (Å²) in [6, 6.07) is 11.6. The molecule has 0 aliphatic rings. The first-order valence-corrected chi connectivity index (χ1v) is 11.2. The normalized spacial score (nSPS) is 11.8. The summed E-state index contributed by atoms with van der Waals surface area (Å²) in [6.45, 7) is 11.6. The largest absolute Gasteiger partial charge is 0.494 e. The summed E-state index contributed by atoms with van der Waals surface area (Å²) >= 11 is 0. The Morgan fingerprint density at radius 3 is 2.21 bits per heavy atom. The minimum absolute atomic E-state index is 0.226. The standard InChI is InChI=1S/C26H34N2O5/c1-7-32-20-13-11-19(12-14-20)25(30)28-23(17(4)5)26(31)33-15-22(29)27-24-18(6)9-8-10-21(24)16(2)3/h8-14,16-17,23H,7,15H2,1-6H3,(H,27,29)(H,28,30). The number of ether oxygens (including phenoxy) is 2. The van der Waals surface area contributed by atoms with E-state index in [1.807, 2.05) is 45.9 Å². The molecular weight excluding hydrogens is 420 g/mol. The second-order valence-electron chi connectivity index (χ2n) is 8.50. The van der Waals surface area contributed by atoms with E-state index in [2.05, 4.69) is 10.6 Å². The van der Waals surface area contributed by atoms with Gasteiger partial charge in [0.1, 0.15) is 11.8 Å². The third-order valence-corrected chi connectivity index (χ3v) is 5.17. The highest BCUT2D eigenvalue weighted by Crippen LogP contribution is 2.27.